The molecule has 2 aromatic heterocycles. The summed E-state index contributed by atoms with van der Waals surface area (Å²) >= 11 is 0. The van der Waals surface area contributed by atoms with Gasteiger partial charge in [-0.05, 0) is 92.1 Å². The summed E-state index contributed by atoms with van der Waals surface area (Å²) in [5.74, 6) is -1.79. The maximum atomic E-state index is 13.9. The molecule has 18 heteroatoms. The molecule has 1 saturated carbocycles. The van der Waals surface area contributed by atoms with Gasteiger partial charge in [0.05, 0.1) is 23.3 Å². The number of urea groups is 1. The van der Waals surface area contributed by atoms with Crippen LogP contribution in [0.15, 0.2) is 109 Å². The molecule has 1 atom stereocenters. The molecule has 1 aliphatic carbocycles. The number of pyridine rings is 2. The number of rotatable bonds is 19. The average Bonchev–Trinajstić information content (AvgIpc) is 3.63. The van der Waals surface area contributed by atoms with Crippen molar-refractivity contribution in [3.63, 3.8) is 0 Å². The predicted molar refractivity (Wildman–Crippen MR) is 252 cm³/mol. The summed E-state index contributed by atoms with van der Waals surface area (Å²) in [5.41, 5.74) is 4.17. The molecule has 5 aromatic rings. The first-order valence-corrected chi connectivity index (χ1v) is 22.9. The summed E-state index contributed by atoms with van der Waals surface area (Å²) in [6.45, 7) is 1.22. The number of hydrogen-bond donors (Lipinski definition) is 4. The van der Waals surface area contributed by atoms with Crippen LogP contribution in [-0.2, 0) is 25.7 Å². The third-order valence-corrected chi connectivity index (χ3v) is 12.1. The highest BCUT2D eigenvalue weighted by Crippen LogP contribution is 2.34. The lowest BCUT2D eigenvalue weighted by atomic mass is 9.89. The zero-order valence-corrected chi connectivity index (χ0v) is 37.7. The van der Waals surface area contributed by atoms with Crippen LogP contribution in [0.5, 0.6) is 11.6 Å². The Kier molecular flexibility index (Phi) is 15.5. The van der Waals surface area contributed by atoms with Crippen LogP contribution in [0.4, 0.5) is 16.3 Å². The maximum absolute atomic E-state index is 13.9. The maximum Gasteiger partial charge on any atom is 0.322 e. The van der Waals surface area contributed by atoms with Crippen LogP contribution >= 0.6 is 0 Å². The Morgan fingerprint density at radius 3 is 2.30 bits per heavy atom. The number of carbonyl (C=O) groups excluding carboxylic acids is 6. The first-order chi connectivity index (χ1) is 33.6. The number of amides is 7. The van der Waals surface area contributed by atoms with E-state index in [-0.39, 0.29) is 54.4 Å². The molecule has 0 bridgehead atoms. The molecule has 7 amide bonds. The van der Waals surface area contributed by atoms with E-state index in [0.717, 1.165) is 58.8 Å². The van der Waals surface area contributed by atoms with E-state index < -0.39 is 42.2 Å². The lowest BCUT2D eigenvalue weighted by Crippen LogP contribution is -2.54. The highest BCUT2D eigenvalue weighted by molar-refractivity contribution is 6.24. The van der Waals surface area contributed by atoms with Crippen molar-refractivity contribution in [3.05, 3.63) is 132 Å². The number of nitriles is 1. The minimum atomic E-state index is -1.11. The van der Waals surface area contributed by atoms with E-state index in [2.05, 4.69) is 37.3 Å². The van der Waals surface area contributed by atoms with Gasteiger partial charge in [-0.1, -0.05) is 48.5 Å². The third-order valence-electron chi connectivity index (χ3n) is 12.1. The molecular weight excluding hydrogens is 883 g/mol. The molecule has 3 aromatic carbocycles. The van der Waals surface area contributed by atoms with Crippen molar-refractivity contribution in [2.45, 2.75) is 69.6 Å². The second-order valence-electron chi connectivity index (χ2n) is 16.7. The predicted octanol–water partition coefficient (Wildman–Crippen LogP) is 5.54. The highest BCUT2D eigenvalue weighted by atomic mass is 16.5. The molecule has 0 spiro atoms. The molecule has 3 aliphatic rings. The topological polar surface area (TPSA) is 234 Å². The monoisotopic (exact) mass is 933 g/mol. The van der Waals surface area contributed by atoms with Gasteiger partial charge < -0.3 is 30.2 Å². The van der Waals surface area contributed by atoms with Gasteiger partial charge in [-0.25, -0.2) is 14.8 Å². The number of aromatic nitrogens is 2. The Balaban J connectivity index is 0.752. The summed E-state index contributed by atoms with van der Waals surface area (Å²) in [5, 5.41) is 20.6. The Bertz CT molecular complexity index is 2690. The molecule has 354 valence electrons. The van der Waals surface area contributed by atoms with Gasteiger partial charge in [0, 0.05) is 67.9 Å². The van der Waals surface area contributed by atoms with Gasteiger partial charge in [0.15, 0.2) is 6.61 Å². The van der Waals surface area contributed by atoms with Gasteiger partial charge in [0.1, 0.15) is 30.3 Å². The molecule has 4 N–H and O–H groups in total. The van der Waals surface area contributed by atoms with Gasteiger partial charge >= 0.3 is 6.03 Å². The largest absolute Gasteiger partial charge is 0.483 e. The molecule has 18 nitrogen and oxygen atoms in total. The van der Waals surface area contributed by atoms with Crippen LogP contribution in [0.25, 0.3) is 11.1 Å². The van der Waals surface area contributed by atoms with Crippen molar-refractivity contribution in [3.8, 4) is 28.8 Å². The van der Waals surface area contributed by atoms with Crippen molar-refractivity contribution in [1.29, 1.82) is 5.26 Å². The van der Waals surface area contributed by atoms with E-state index in [1.807, 2.05) is 71.6 Å². The van der Waals surface area contributed by atoms with Gasteiger partial charge in [0.2, 0.25) is 17.7 Å². The van der Waals surface area contributed by atoms with Crippen LogP contribution in [0.3, 0.4) is 0 Å². The number of anilines is 2. The van der Waals surface area contributed by atoms with Crippen LogP contribution in [-0.4, -0.2) is 102 Å². The number of nitrogens with one attached hydrogen (secondary N) is 4. The van der Waals surface area contributed by atoms with E-state index >= 15 is 0 Å². The standard InChI is InChI=1S/C51H51N9O9/c52-28-34-10-21-43(54-30-34)57-37-14-18-39(19-15-37)59(51(66)56-29-33-6-2-1-3-7-33)38-16-11-35(12-17-38)36-13-23-46(55-31-36)68-27-26-67-25-5-24-53-45(62)32-69-42-9-4-8-40-47(42)50(65)60(49(40)64)41-20-22-44(61)58-48(41)63/h1-4,6-13,16-17,21,23,30-31,37,39,41H,5,14-15,18-20,22,24-27,29,32H2,(H,53,62)(H,54,57)(H,56,66)(H,58,61,63). The number of benzene rings is 3. The highest BCUT2D eigenvalue weighted by Gasteiger charge is 2.46. The zero-order chi connectivity index (χ0) is 48.1. The average molecular weight is 934 g/mol. The SMILES string of the molecule is N#Cc1ccc(NC2CCC(N(C(=O)NCc3ccccc3)c3ccc(-c4ccc(OCCOCCCNC(=O)COc5cccc6c5C(=O)N(C5CCC(=O)NC5=O)C6=O)nc4)cc3)CC2)nc1. The first-order valence-electron chi connectivity index (χ1n) is 22.9. The second-order valence-corrected chi connectivity index (χ2v) is 16.7. The minimum absolute atomic E-state index is 0.00352. The van der Waals surface area contributed by atoms with Crippen LogP contribution < -0.4 is 35.6 Å². The van der Waals surface area contributed by atoms with Crippen molar-refractivity contribution in [2.24, 2.45) is 0 Å². The number of fused-ring (bicyclic) bond motifs is 1. The van der Waals surface area contributed by atoms with Crippen molar-refractivity contribution in [1.82, 2.24) is 30.8 Å². The lowest BCUT2D eigenvalue weighted by Gasteiger charge is -2.37. The summed E-state index contributed by atoms with van der Waals surface area (Å²) in [6.07, 6.45) is 7.14. The molecule has 2 aliphatic heterocycles. The van der Waals surface area contributed by atoms with Crippen LogP contribution in [0.2, 0.25) is 0 Å². The molecule has 0 radical (unpaired) electrons. The van der Waals surface area contributed by atoms with Crippen molar-refractivity contribution < 1.29 is 43.0 Å². The Morgan fingerprint density at radius 2 is 1.58 bits per heavy atom. The van der Waals surface area contributed by atoms with Crippen molar-refractivity contribution in [2.75, 3.05) is 43.2 Å². The smallest absolute Gasteiger partial charge is 0.322 e. The molecule has 69 heavy (non-hydrogen) atoms. The van der Waals surface area contributed by atoms with E-state index in [1.54, 1.807) is 24.5 Å². The van der Waals surface area contributed by atoms with E-state index in [9.17, 15) is 28.8 Å². The number of carbonyl (C=O) groups is 6. The third kappa shape index (κ3) is 11.9. The van der Waals surface area contributed by atoms with Crippen LogP contribution in [0, 0.1) is 11.3 Å². The molecular formula is C51H51N9O9. The minimum Gasteiger partial charge on any atom is -0.483 e. The fourth-order valence-corrected chi connectivity index (χ4v) is 8.54. The van der Waals surface area contributed by atoms with E-state index in [0.29, 0.717) is 44.2 Å². The Labute approximate surface area is 398 Å². The molecule has 1 saturated heterocycles. The van der Waals surface area contributed by atoms with Gasteiger partial charge in [0.25, 0.3) is 17.7 Å². The fourth-order valence-electron chi connectivity index (χ4n) is 8.54. The number of ether oxygens (including phenoxy) is 3. The molecule has 1 unspecified atom stereocenters. The normalized spacial score (nSPS) is 17.6. The Morgan fingerprint density at radius 1 is 0.783 bits per heavy atom. The van der Waals surface area contributed by atoms with Gasteiger partial charge in [-0.2, -0.15) is 5.26 Å². The Hall–Kier alpha value is -8.17. The van der Waals surface area contributed by atoms with Crippen molar-refractivity contribution >= 4 is 47.1 Å². The summed E-state index contributed by atoms with van der Waals surface area (Å²) in [7, 11) is 0. The van der Waals surface area contributed by atoms with Gasteiger partial charge in [-0.15, -0.1) is 0 Å². The quantitative estimate of drug-likeness (QED) is 0.0589. The van der Waals surface area contributed by atoms with E-state index in [1.165, 1.54) is 18.2 Å². The number of nitrogens with zero attached hydrogens (tertiary/aromatic N) is 5. The summed E-state index contributed by atoms with van der Waals surface area (Å²) in [6, 6.07) is 30.5. The fraction of sp³-hybridized carbons (Fsp3) is 0.314. The number of imide groups is 2. The second kappa shape index (κ2) is 22.5. The van der Waals surface area contributed by atoms with Crippen LogP contribution in [0.1, 0.15) is 76.8 Å². The molecule has 2 fully saturated rings. The first kappa shape index (κ1) is 47.3. The lowest BCUT2D eigenvalue weighted by molar-refractivity contribution is -0.136. The number of piperidine rings is 1. The zero-order valence-electron chi connectivity index (χ0n) is 37.7. The molecule has 4 heterocycles. The summed E-state index contributed by atoms with van der Waals surface area (Å²) < 4.78 is 17.1. The van der Waals surface area contributed by atoms with Gasteiger partial charge in [-0.3, -0.25) is 39.1 Å². The van der Waals surface area contributed by atoms with E-state index in [4.69, 9.17) is 19.5 Å². The summed E-state index contributed by atoms with van der Waals surface area (Å²) in [4.78, 5) is 88.3. The molecule has 8 rings (SSSR count). The number of hydrogen-bond acceptors (Lipinski definition) is 13.